The minimum atomic E-state index is 0.339. The molecule has 1 saturated heterocycles. The van der Waals surface area contributed by atoms with Gasteiger partial charge < -0.3 is 10.6 Å². The highest BCUT2D eigenvalue weighted by molar-refractivity contribution is 7.80. The van der Waals surface area contributed by atoms with Crippen LogP contribution in [0, 0.1) is 18.8 Å². The van der Waals surface area contributed by atoms with Crippen molar-refractivity contribution in [3.63, 3.8) is 0 Å². The second-order valence-corrected chi connectivity index (χ2v) is 6.42. The number of aryl methyl sites for hydroxylation is 1. The number of nitrogens with zero attached hydrogens (tertiary/aromatic N) is 3. The van der Waals surface area contributed by atoms with Crippen LogP contribution in [-0.4, -0.2) is 28.0 Å². The molecule has 0 bridgehead atoms. The van der Waals surface area contributed by atoms with E-state index in [4.69, 9.17) is 18.0 Å². The Labute approximate surface area is 126 Å². The normalized spacial score (nSPS) is 20.0. The number of hydrogen-bond acceptors (Lipinski definition) is 4. The molecule has 110 valence electrons. The lowest BCUT2D eigenvalue weighted by molar-refractivity contribution is 0.351. The van der Waals surface area contributed by atoms with Gasteiger partial charge in [0, 0.05) is 18.8 Å². The molecule has 1 unspecified atom stereocenters. The Balaban J connectivity index is 2.17. The van der Waals surface area contributed by atoms with Crippen LogP contribution in [0.15, 0.2) is 6.07 Å². The summed E-state index contributed by atoms with van der Waals surface area (Å²) in [6.45, 7) is 8.62. The molecule has 1 aromatic heterocycles. The van der Waals surface area contributed by atoms with Crippen molar-refractivity contribution in [3.8, 4) is 0 Å². The van der Waals surface area contributed by atoms with E-state index in [0.717, 1.165) is 36.6 Å². The Hall–Kier alpha value is -1.23. The first kappa shape index (κ1) is 15.2. The molecule has 4 nitrogen and oxygen atoms in total. The molecule has 2 rings (SSSR count). The zero-order valence-corrected chi connectivity index (χ0v) is 13.4. The molecule has 5 heteroatoms. The van der Waals surface area contributed by atoms with E-state index in [1.165, 1.54) is 19.3 Å². The van der Waals surface area contributed by atoms with Crippen LogP contribution in [-0.2, 0) is 0 Å². The van der Waals surface area contributed by atoms with E-state index in [-0.39, 0.29) is 0 Å². The largest absolute Gasteiger partial charge is 0.388 e. The Morgan fingerprint density at radius 2 is 2.10 bits per heavy atom. The zero-order valence-electron chi connectivity index (χ0n) is 12.6. The average molecular weight is 292 g/mol. The number of aromatic nitrogens is 2. The second kappa shape index (κ2) is 6.48. The van der Waals surface area contributed by atoms with Crippen molar-refractivity contribution in [3.05, 3.63) is 17.5 Å². The molecule has 0 aliphatic carbocycles. The van der Waals surface area contributed by atoms with Gasteiger partial charge >= 0.3 is 0 Å². The summed E-state index contributed by atoms with van der Waals surface area (Å²) >= 11 is 5.03. The van der Waals surface area contributed by atoms with E-state index in [1.54, 1.807) is 0 Å². The van der Waals surface area contributed by atoms with Crippen LogP contribution in [0.3, 0.4) is 0 Å². The van der Waals surface area contributed by atoms with E-state index in [2.05, 4.69) is 28.7 Å². The first-order valence-corrected chi connectivity index (χ1v) is 7.78. The van der Waals surface area contributed by atoms with Crippen LogP contribution in [0.4, 0.5) is 5.95 Å². The monoisotopic (exact) mass is 292 g/mol. The summed E-state index contributed by atoms with van der Waals surface area (Å²) in [5.74, 6) is 2.33. The van der Waals surface area contributed by atoms with E-state index in [1.807, 2.05) is 13.0 Å². The third-order valence-corrected chi connectivity index (χ3v) is 4.30. The molecule has 2 N–H and O–H groups in total. The lowest BCUT2D eigenvalue weighted by Crippen LogP contribution is -2.28. The van der Waals surface area contributed by atoms with Gasteiger partial charge in [0.2, 0.25) is 5.95 Å². The zero-order chi connectivity index (χ0) is 14.7. The molecule has 2 heterocycles. The van der Waals surface area contributed by atoms with Crippen LogP contribution in [0.1, 0.15) is 44.5 Å². The van der Waals surface area contributed by atoms with Gasteiger partial charge in [-0.1, -0.05) is 26.1 Å². The first-order valence-electron chi connectivity index (χ1n) is 7.38. The molecule has 1 fully saturated rings. The summed E-state index contributed by atoms with van der Waals surface area (Å²) in [5, 5.41) is 0. The van der Waals surface area contributed by atoms with E-state index >= 15 is 0 Å². The van der Waals surface area contributed by atoms with Crippen molar-refractivity contribution in [2.24, 2.45) is 17.6 Å². The van der Waals surface area contributed by atoms with Gasteiger partial charge in [0.15, 0.2) is 0 Å². The quantitative estimate of drug-likeness (QED) is 0.868. The highest BCUT2D eigenvalue weighted by atomic mass is 32.1. The maximum absolute atomic E-state index is 5.70. The number of rotatable bonds is 3. The molecule has 20 heavy (non-hydrogen) atoms. The lowest BCUT2D eigenvalue weighted by atomic mass is 9.89. The van der Waals surface area contributed by atoms with Crippen molar-refractivity contribution in [1.29, 1.82) is 0 Å². The minimum absolute atomic E-state index is 0.339. The predicted molar refractivity (Wildman–Crippen MR) is 87.0 cm³/mol. The second-order valence-electron chi connectivity index (χ2n) is 5.98. The van der Waals surface area contributed by atoms with Crippen LogP contribution in [0.5, 0.6) is 0 Å². The number of thiocarbonyl (C=S) groups is 1. The summed E-state index contributed by atoms with van der Waals surface area (Å²) in [6.07, 6.45) is 3.70. The molecule has 0 aromatic carbocycles. The molecule has 0 saturated carbocycles. The predicted octanol–water partition coefficient (Wildman–Crippen LogP) is 2.68. The van der Waals surface area contributed by atoms with Crippen LogP contribution >= 0.6 is 12.2 Å². The average Bonchev–Trinajstić information content (AvgIpc) is 2.63. The van der Waals surface area contributed by atoms with Crippen molar-refractivity contribution < 1.29 is 0 Å². The molecule has 1 aliphatic heterocycles. The smallest absolute Gasteiger partial charge is 0.226 e. The third-order valence-electron chi connectivity index (χ3n) is 4.09. The molecule has 1 atom stereocenters. The van der Waals surface area contributed by atoms with Crippen molar-refractivity contribution in [2.45, 2.75) is 40.0 Å². The number of anilines is 1. The topological polar surface area (TPSA) is 55.0 Å². The summed E-state index contributed by atoms with van der Waals surface area (Å²) < 4.78 is 0. The van der Waals surface area contributed by atoms with Gasteiger partial charge in [-0.3, -0.25) is 0 Å². The van der Waals surface area contributed by atoms with E-state index < -0.39 is 0 Å². The van der Waals surface area contributed by atoms with Crippen molar-refractivity contribution >= 4 is 23.2 Å². The van der Waals surface area contributed by atoms with Gasteiger partial charge in [0.1, 0.15) is 10.7 Å². The number of hydrogen-bond donors (Lipinski definition) is 1. The standard InChI is InChI=1S/C15H24N4S/c1-10(2)12-5-4-7-19(8-6-12)15-17-11(3)9-13(18-15)14(16)20/h9-10,12H,4-8H2,1-3H3,(H2,16,20). The van der Waals surface area contributed by atoms with Gasteiger partial charge in [-0.15, -0.1) is 0 Å². The Morgan fingerprint density at radius 1 is 1.35 bits per heavy atom. The van der Waals surface area contributed by atoms with Crippen LogP contribution in [0.25, 0.3) is 0 Å². The third kappa shape index (κ3) is 3.66. The van der Waals surface area contributed by atoms with Crippen molar-refractivity contribution in [2.75, 3.05) is 18.0 Å². The Kier molecular flexibility index (Phi) is 4.91. The molecule has 1 aliphatic rings. The van der Waals surface area contributed by atoms with Gasteiger partial charge in [0.05, 0.1) is 0 Å². The Morgan fingerprint density at radius 3 is 2.75 bits per heavy atom. The van der Waals surface area contributed by atoms with Crippen LogP contribution in [0.2, 0.25) is 0 Å². The van der Waals surface area contributed by atoms with Crippen LogP contribution < -0.4 is 10.6 Å². The molecule has 0 radical (unpaired) electrons. The van der Waals surface area contributed by atoms with E-state index in [9.17, 15) is 0 Å². The Bertz CT molecular complexity index is 487. The SMILES string of the molecule is Cc1cc(C(N)=S)nc(N2CCCC(C(C)C)CC2)n1. The van der Waals surface area contributed by atoms with Gasteiger partial charge in [0.25, 0.3) is 0 Å². The lowest BCUT2D eigenvalue weighted by Gasteiger charge is -2.22. The van der Waals surface area contributed by atoms with E-state index in [0.29, 0.717) is 10.7 Å². The molecular formula is C15H24N4S. The highest BCUT2D eigenvalue weighted by Crippen LogP contribution is 2.26. The summed E-state index contributed by atoms with van der Waals surface area (Å²) in [6, 6.07) is 1.85. The fraction of sp³-hybridized carbons (Fsp3) is 0.667. The van der Waals surface area contributed by atoms with Gasteiger partial charge in [-0.2, -0.15) is 0 Å². The summed E-state index contributed by atoms with van der Waals surface area (Å²) in [5.41, 5.74) is 7.29. The van der Waals surface area contributed by atoms with Gasteiger partial charge in [-0.25, -0.2) is 9.97 Å². The molecular weight excluding hydrogens is 268 g/mol. The molecule has 0 spiro atoms. The molecule has 1 aromatic rings. The molecule has 0 amide bonds. The highest BCUT2D eigenvalue weighted by Gasteiger charge is 2.21. The summed E-state index contributed by atoms with van der Waals surface area (Å²) in [7, 11) is 0. The fourth-order valence-electron chi connectivity index (χ4n) is 2.81. The first-order chi connectivity index (χ1) is 9.47. The maximum Gasteiger partial charge on any atom is 0.226 e. The van der Waals surface area contributed by atoms with Gasteiger partial charge in [-0.05, 0) is 44.1 Å². The number of nitrogens with two attached hydrogens (primary N) is 1. The summed E-state index contributed by atoms with van der Waals surface area (Å²) in [4.78, 5) is 11.7. The minimum Gasteiger partial charge on any atom is -0.388 e. The maximum atomic E-state index is 5.70. The fourth-order valence-corrected chi connectivity index (χ4v) is 2.91. The van der Waals surface area contributed by atoms with Crippen molar-refractivity contribution in [1.82, 2.24) is 9.97 Å².